The van der Waals surface area contributed by atoms with E-state index in [9.17, 15) is 4.79 Å². The maximum atomic E-state index is 12.7. The SMILES string of the molecule is CC(C)CC(CCl)NC(=O)C1(CC(C)C)CCCC1. The second-order valence-corrected chi connectivity index (χ2v) is 7.35. The van der Waals surface area contributed by atoms with Crippen LogP contribution in [0, 0.1) is 17.3 Å². The van der Waals surface area contributed by atoms with E-state index in [0.717, 1.165) is 25.7 Å². The first-order valence-corrected chi connectivity index (χ1v) is 8.30. The molecule has 1 rings (SSSR count). The third kappa shape index (κ3) is 4.98. The molecule has 0 heterocycles. The first-order chi connectivity index (χ1) is 8.89. The van der Waals surface area contributed by atoms with Crippen LogP contribution in [-0.4, -0.2) is 17.8 Å². The summed E-state index contributed by atoms with van der Waals surface area (Å²) in [5.41, 5.74) is -0.116. The molecule has 2 nitrogen and oxygen atoms in total. The van der Waals surface area contributed by atoms with Crippen LogP contribution in [0.4, 0.5) is 0 Å². The van der Waals surface area contributed by atoms with Crippen LogP contribution in [-0.2, 0) is 4.79 Å². The molecular formula is C16H30ClNO. The number of rotatable bonds is 7. The number of alkyl halides is 1. The molecule has 1 saturated carbocycles. The molecule has 0 spiro atoms. The Morgan fingerprint density at radius 1 is 1.16 bits per heavy atom. The topological polar surface area (TPSA) is 29.1 Å². The number of hydrogen-bond donors (Lipinski definition) is 1. The minimum Gasteiger partial charge on any atom is -0.352 e. The Kier molecular flexibility index (Phi) is 6.65. The molecule has 19 heavy (non-hydrogen) atoms. The lowest BCUT2D eigenvalue weighted by Crippen LogP contribution is -2.46. The van der Waals surface area contributed by atoms with Gasteiger partial charge in [0.25, 0.3) is 0 Å². The van der Waals surface area contributed by atoms with E-state index in [4.69, 9.17) is 11.6 Å². The molecule has 0 radical (unpaired) electrons. The fourth-order valence-electron chi connectivity index (χ4n) is 3.43. The molecule has 0 saturated heterocycles. The van der Waals surface area contributed by atoms with E-state index in [1.54, 1.807) is 0 Å². The molecule has 0 aromatic carbocycles. The Labute approximate surface area is 123 Å². The molecule has 0 aliphatic heterocycles. The average molecular weight is 288 g/mol. The number of nitrogens with one attached hydrogen (secondary N) is 1. The first kappa shape index (κ1) is 16.8. The predicted molar refractivity (Wildman–Crippen MR) is 82.5 cm³/mol. The van der Waals surface area contributed by atoms with E-state index in [-0.39, 0.29) is 17.4 Å². The quantitative estimate of drug-likeness (QED) is 0.693. The second-order valence-electron chi connectivity index (χ2n) is 7.04. The van der Waals surface area contributed by atoms with Crippen molar-refractivity contribution in [2.45, 2.75) is 72.3 Å². The van der Waals surface area contributed by atoms with Gasteiger partial charge in [0, 0.05) is 17.3 Å². The Balaban J connectivity index is 2.66. The van der Waals surface area contributed by atoms with Gasteiger partial charge in [-0.25, -0.2) is 0 Å². The number of carbonyl (C=O) groups excluding carboxylic acids is 1. The molecule has 1 aliphatic carbocycles. The Morgan fingerprint density at radius 3 is 2.16 bits per heavy atom. The number of amides is 1. The van der Waals surface area contributed by atoms with Gasteiger partial charge in [-0.2, -0.15) is 0 Å². The number of carbonyl (C=O) groups is 1. The van der Waals surface area contributed by atoms with Crippen molar-refractivity contribution in [3.05, 3.63) is 0 Å². The van der Waals surface area contributed by atoms with Crippen LogP contribution in [0.25, 0.3) is 0 Å². The molecule has 1 aliphatic rings. The molecule has 1 fully saturated rings. The summed E-state index contributed by atoms with van der Waals surface area (Å²) in [7, 11) is 0. The highest BCUT2D eigenvalue weighted by atomic mass is 35.5. The minimum absolute atomic E-state index is 0.116. The van der Waals surface area contributed by atoms with Crippen LogP contribution in [0.3, 0.4) is 0 Å². The second kappa shape index (κ2) is 7.52. The van der Waals surface area contributed by atoms with Crippen LogP contribution in [0.2, 0.25) is 0 Å². The van der Waals surface area contributed by atoms with Crippen LogP contribution in [0.15, 0.2) is 0 Å². The Bertz CT molecular complexity index is 282. The van der Waals surface area contributed by atoms with Crippen molar-refractivity contribution >= 4 is 17.5 Å². The zero-order chi connectivity index (χ0) is 14.5. The molecule has 112 valence electrons. The van der Waals surface area contributed by atoms with Gasteiger partial charge >= 0.3 is 0 Å². The van der Waals surface area contributed by atoms with Gasteiger partial charge < -0.3 is 5.32 Å². The number of halogens is 1. The van der Waals surface area contributed by atoms with Crippen LogP contribution in [0.5, 0.6) is 0 Å². The van der Waals surface area contributed by atoms with Gasteiger partial charge in [0.1, 0.15) is 0 Å². The minimum atomic E-state index is -0.116. The van der Waals surface area contributed by atoms with Crippen LogP contribution < -0.4 is 5.32 Å². The van der Waals surface area contributed by atoms with Gasteiger partial charge in [-0.05, 0) is 37.5 Å². The average Bonchev–Trinajstić information content (AvgIpc) is 2.76. The molecule has 1 atom stereocenters. The molecule has 0 aromatic heterocycles. The Morgan fingerprint density at radius 2 is 1.74 bits per heavy atom. The highest BCUT2D eigenvalue weighted by Crippen LogP contribution is 2.43. The zero-order valence-electron chi connectivity index (χ0n) is 13.0. The van der Waals surface area contributed by atoms with Crippen molar-refractivity contribution in [3.63, 3.8) is 0 Å². The van der Waals surface area contributed by atoms with E-state index in [0.29, 0.717) is 17.7 Å². The molecular weight excluding hydrogens is 258 g/mol. The summed E-state index contributed by atoms with van der Waals surface area (Å²) in [5.74, 6) is 1.91. The molecule has 1 N–H and O–H groups in total. The fourth-order valence-corrected chi connectivity index (χ4v) is 3.63. The number of hydrogen-bond acceptors (Lipinski definition) is 1. The van der Waals surface area contributed by atoms with Crippen LogP contribution in [0.1, 0.15) is 66.2 Å². The van der Waals surface area contributed by atoms with Crippen molar-refractivity contribution in [1.29, 1.82) is 0 Å². The summed E-state index contributed by atoms with van der Waals surface area (Å²) in [5, 5.41) is 3.22. The smallest absolute Gasteiger partial charge is 0.226 e. The van der Waals surface area contributed by atoms with E-state index in [1.807, 2.05) is 0 Å². The van der Waals surface area contributed by atoms with Crippen molar-refractivity contribution in [1.82, 2.24) is 5.32 Å². The monoisotopic (exact) mass is 287 g/mol. The third-order valence-corrected chi connectivity index (χ3v) is 4.49. The predicted octanol–water partition coefficient (Wildman–Crippen LogP) is 4.36. The summed E-state index contributed by atoms with van der Waals surface area (Å²) < 4.78 is 0. The summed E-state index contributed by atoms with van der Waals surface area (Å²) in [6, 6.07) is 0.124. The van der Waals surface area contributed by atoms with Gasteiger partial charge in [-0.15, -0.1) is 11.6 Å². The van der Waals surface area contributed by atoms with E-state index < -0.39 is 0 Å². The van der Waals surface area contributed by atoms with E-state index >= 15 is 0 Å². The van der Waals surface area contributed by atoms with Crippen molar-refractivity contribution in [2.75, 3.05) is 5.88 Å². The summed E-state index contributed by atoms with van der Waals surface area (Å²) in [6.07, 6.45) is 6.45. The van der Waals surface area contributed by atoms with Crippen molar-refractivity contribution in [3.8, 4) is 0 Å². The van der Waals surface area contributed by atoms with Gasteiger partial charge in [-0.1, -0.05) is 40.5 Å². The maximum absolute atomic E-state index is 12.7. The largest absolute Gasteiger partial charge is 0.352 e. The lowest BCUT2D eigenvalue weighted by atomic mass is 9.77. The lowest BCUT2D eigenvalue weighted by molar-refractivity contribution is -0.132. The van der Waals surface area contributed by atoms with Crippen LogP contribution >= 0.6 is 11.6 Å². The summed E-state index contributed by atoms with van der Waals surface area (Å²) in [6.45, 7) is 8.76. The van der Waals surface area contributed by atoms with Gasteiger partial charge in [-0.3, -0.25) is 4.79 Å². The first-order valence-electron chi connectivity index (χ1n) is 7.76. The highest BCUT2D eigenvalue weighted by molar-refractivity contribution is 6.18. The summed E-state index contributed by atoms with van der Waals surface area (Å²) in [4.78, 5) is 12.7. The Hall–Kier alpha value is -0.240. The van der Waals surface area contributed by atoms with E-state index in [1.165, 1.54) is 12.8 Å². The molecule has 1 amide bonds. The zero-order valence-corrected chi connectivity index (χ0v) is 13.7. The van der Waals surface area contributed by atoms with Crippen molar-refractivity contribution < 1.29 is 4.79 Å². The molecule has 0 aromatic rings. The van der Waals surface area contributed by atoms with Gasteiger partial charge in [0.05, 0.1) is 0 Å². The third-order valence-electron chi connectivity index (χ3n) is 4.12. The lowest BCUT2D eigenvalue weighted by Gasteiger charge is -2.32. The molecule has 1 unspecified atom stereocenters. The maximum Gasteiger partial charge on any atom is 0.226 e. The highest BCUT2D eigenvalue weighted by Gasteiger charge is 2.41. The normalized spacial score (nSPS) is 19.9. The van der Waals surface area contributed by atoms with Gasteiger partial charge in [0.15, 0.2) is 0 Å². The standard InChI is InChI=1S/C16H30ClNO/c1-12(2)9-14(11-17)18-15(19)16(10-13(3)4)7-5-6-8-16/h12-14H,5-11H2,1-4H3,(H,18,19). The van der Waals surface area contributed by atoms with E-state index in [2.05, 4.69) is 33.0 Å². The van der Waals surface area contributed by atoms with Gasteiger partial charge in [0.2, 0.25) is 5.91 Å². The molecule has 0 bridgehead atoms. The van der Waals surface area contributed by atoms with Crippen molar-refractivity contribution in [2.24, 2.45) is 17.3 Å². The fraction of sp³-hybridized carbons (Fsp3) is 0.938. The summed E-state index contributed by atoms with van der Waals surface area (Å²) >= 11 is 6.00. The molecule has 3 heteroatoms.